The first-order chi connectivity index (χ1) is 3.06. The van der Waals surface area contributed by atoms with Gasteiger partial charge in [-0.3, -0.25) is 8.42 Å². The van der Waals surface area contributed by atoms with Crippen LogP contribution < -0.4 is 0 Å². The Morgan fingerprint density at radius 2 is 1.78 bits per heavy atom. The quantitative estimate of drug-likeness (QED) is 0.309. The molecule has 3 nitrogen and oxygen atoms in total. The summed E-state index contributed by atoms with van der Waals surface area (Å²) in [4.78, 5) is 0. The van der Waals surface area contributed by atoms with Gasteiger partial charge < -0.3 is 4.55 Å². The fourth-order valence-electron chi connectivity index (χ4n) is 0.118. The van der Waals surface area contributed by atoms with E-state index in [2.05, 4.69) is 6.58 Å². The molecule has 0 radical (unpaired) electrons. The third-order valence-corrected chi connectivity index (χ3v) is 0.789. The summed E-state index contributed by atoms with van der Waals surface area (Å²) in [5.74, 6) is 0.493. The molecule has 0 aliphatic carbocycles. The standard InChI is InChI=1S/C3H5O3S.2Rf/c1-2-3-7(4,5)6;;/h2-3H,1H2,(H,4,5,6);;/q-1;;/p-1. The second kappa shape index (κ2) is 3.70. The maximum absolute atomic E-state index is 9.55. The van der Waals surface area contributed by atoms with Crippen molar-refractivity contribution >= 4 is 10.1 Å². The molecule has 0 saturated heterocycles. The predicted octanol–water partition coefficient (Wildman–Crippen LogP) is -0.121. The minimum Gasteiger partial charge on any atom is -0.759 e. The van der Waals surface area contributed by atoms with Gasteiger partial charge in [-0.05, 0) is 0 Å². The molecule has 0 atom stereocenters. The molecule has 0 N–H and O–H groups in total. The van der Waals surface area contributed by atoms with Gasteiger partial charge in [-0.1, -0.05) is 0 Å². The average molecular weight is 654 g/mol. The summed E-state index contributed by atoms with van der Waals surface area (Å²) in [6.45, 7) is 3.01. The molecule has 9 heavy (non-hydrogen) atoms. The molecule has 0 unspecified atom stereocenters. The molecule has 0 aliphatic heterocycles. The van der Waals surface area contributed by atoms with E-state index in [0.29, 0.717) is 5.75 Å². The maximum atomic E-state index is 9.55. The summed E-state index contributed by atoms with van der Waals surface area (Å²) in [5.41, 5.74) is 0. The van der Waals surface area contributed by atoms with Crippen molar-refractivity contribution in [2.45, 2.75) is 0 Å². The molecule has 0 aliphatic rings. The normalized spacial score (nSPS) is 8.11. The molecule has 0 aromatic carbocycles. The third kappa shape index (κ3) is 29.6. The van der Waals surface area contributed by atoms with E-state index in [1.165, 1.54) is 0 Å². The van der Waals surface area contributed by atoms with Crippen LogP contribution >= 0.6 is 0 Å². The van der Waals surface area contributed by atoms with Crippen molar-refractivity contribution in [1.82, 2.24) is 0 Å². The molecule has 0 bridgehead atoms. The summed E-state index contributed by atoms with van der Waals surface area (Å²) in [6.07, 6.45) is 0.933. The van der Waals surface area contributed by atoms with E-state index in [-0.39, 0.29) is 0 Å². The molecule has 6 heteroatoms. The van der Waals surface area contributed by atoms with Crippen LogP contribution in [0.15, 0.2) is 12.7 Å². The van der Waals surface area contributed by atoms with Crippen LogP contribution in [0.1, 0.15) is 0 Å². The van der Waals surface area contributed by atoms with Crippen molar-refractivity contribution in [3.05, 3.63) is 18.4 Å². The van der Waals surface area contributed by atoms with Gasteiger partial charge in [0.1, 0.15) is 0 Å². The minimum absolute atomic E-state index is 0. The van der Waals surface area contributed by atoms with E-state index in [1.807, 2.05) is 0 Å². The second-order valence-corrected chi connectivity index (χ2v) is 2.12. The average Bonchev–Trinajstić information content (AvgIpc) is 1.30. The van der Waals surface area contributed by atoms with E-state index in [1.54, 1.807) is 0 Å². The molecule has 0 aromatic rings. The zero-order valence-corrected chi connectivity index (χ0v) is 18.5. The van der Waals surface area contributed by atoms with Gasteiger partial charge in [-0.2, -0.15) is 0 Å². The minimum atomic E-state index is -4.17. The zero-order valence-electron chi connectivity index (χ0n) is 4.91. The topological polar surface area (TPSA) is 57.2 Å². The Bertz CT molecular complexity index is 150. The summed E-state index contributed by atoms with van der Waals surface area (Å²) in [6, 6.07) is 0. The van der Waals surface area contributed by atoms with Gasteiger partial charge >= 0.3 is 0 Å². The van der Waals surface area contributed by atoms with Gasteiger partial charge in [0.2, 0.25) is 0 Å². The van der Waals surface area contributed by atoms with Crippen molar-refractivity contribution in [3.8, 4) is 0 Å². The number of rotatable bonds is 2. The molecule has 0 amide bonds. The van der Waals surface area contributed by atoms with E-state index >= 15 is 0 Å². The largest absolute Gasteiger partial charge is 0.759 e. The monoisotopic (exact) mass is 654 g/mol. The van der Waals surface area contributed by atoms with Gasteiger partial charge in [-0.25, -0.2) is 12.7 Å². The Labute approximate surface area is 42.4 Å². The van der Waals surface area contributed by atoms with Crippen molar-refractivity contribution in [1.29, 1.82) is 0 Å². The van der Waals surface area contributed by atoms with Crippen LogP contribution in [0, 0.1) is 5.75 Å². The van der Waals surface area contributed by atoms with E-state index in [9.17, 15) is 13.0 Å². The molecule has 0 aromatic heterocycles. The number of hydrogen-bond acceptors (Lipinski definition) is 3. The first kappa shape index (κ1) is 16.0. The van der Waals surface area contributed by atoms with Crippen molar-refractivity contribution in [3.63, 3.8) is 0 Å². The fourth-order valence-corrected chi connectivity index (χ4v) is 0.354. The molecular weight excluding hydrogens is 650 g/mol. The van der Waals surface area contributed by atoms with Crippen molar-refractivity contribution in [2.75, 3.05) is 0 Å². The van der Waals surface area contributed by atoms with Crippen LogP contribution in [0.2, 0.25) is 0 Å². The Morgan fingerprint density at radius 1 is 1.44 bits per heavy atom. The molecule has 46 valence electrons. The van der Waals surface area contributed by atoms with Crippen molar-refractivity contribution < 1.29 is 13.0 Å². The summed E-state index contributed by atoms with van der Waals surface area (Å²) >= 11 is 0. The molecule has 0 fully saturated rings. The van der Waals surface area contributed by atoms with Gasteiger partial charge in [0.15, 0.2) is 0 Å². The predicted molar refractivity (Wildman–Crippen MR) is 24.2 cm³/mol. The first-order valence-corrected chi connectivity index (χ1v) is 2.95. The van der Waals surface area contributed by atoms with Crippen LogP contribution in [0.5, 0.6) is 0 Å². The Morgan fingerprint density at radius 3 is 1.78 bits per heavy atom. The van der Waals surface area contributed by atoms with Gasteiger partial charge in [0.25, 0.3) is 0 Å². The van der Waals surface area contributed by atoms with Crippen molar-refractivity contribution in [2.24, 2.45) is 0 Å². The van der Waals surface area contributed by atoms with Gasteiger partial charge in [0.05, 0.1) is 0 Å². The maximum Gasteiger partial charge on any atom is 0.0446 e. The molecule has 0 saturated carbocycles. The summed E-state index contributed by atoms with van der Waals surface area (Å²) < 4.78 is 28.6. The SMILES string of the molecule is C=C[CH-]S(=O)(=O)[O-].[Rf].[Rf]. The van der Waals surface area contributed by atoms with Crippen LogP contribution in [-0.4, -0.2) is 13.0 Å². The second-order valence-electron chi connectivity index (χ2n) is 0.865. The van der Waals surface area contributed by atoms with Crippen LogP contribution in [-0.2, 0) is 10.1 Å². The van der Waals surface area contributed by atoms with Crippen LogP contribution in [0.4, 0.5) is 0 Å². The smallest absolute Gasteiger partial charge is 0.0446 e. The van der Waals surface area contributed by atoms with Crippen LogP contribution in [0.25, 0.3) is 0 Å². The summed E-state index contributed by atoms with van der Waals surface area (Å²) in [7, 11) is -4.17. The van der Waals surface area contributed by atoms with E-state index < -0.39 is 10.1 Å². The summed E-state index contributed by atoms with van der Waals surface area (Å²) in [5, 5.41) is 0. The zero-order chi connectivity index (χ0) is 5.91. The molecular formula is C3H4O3Rf2S-2. The Hall–Kier alpha value is -2.48. The van der Waals surface area contributed by atoms with Gasteiger partial charge in [0, 0.05) is 10.1 Å². The third-order valence-electron chi connectivity index (χ3n) is 0.263. The molecule has 0 heterocycles. The van der Waals surface area contributed by atoms with E-state index in [4.69, 9.17) is 0 Å². The molecule has 0 spiro atoms. The Balaban J connectivity index is -0.000000180. The Kier molecular flexibility index (Phi) is 6.59. The number of hydrogen-bond donors (Lipinski definition) is 0. The molecule has 0 rings (SSSR count). The van der Waals surface area contributed by atoms with E-state index in [0.717, 1.165) is 6.08 Å². The fraction of sp³-hybridized carbons (Fsp3) is 0. The van der Waals surface area contributed by atoms with Gasteiger partial charge in [-0.15, -0.1) is 5.75 Å². The first-order valence-electron chi connectivity index (χ1n) is 1.48. The van der Waals surface area contributed by atoms with Crippen LogP contribution in [0.3, 0.4) is 0 Å².